The zero-order valence-corrected chi connectivity index (χ0v) is 21.1. The molecule has 0 saturated heterocycles. The molecule has 0 aliphatic heterocycles. The van der Waals surface area contributed by atoms with E-state index in [1.54, 1.807) is 31.9 Å². The highest BCUT2D eigenvalue weighted by atomic mass is 35.5. The van der Waals surface area contributed by atoms with Gasteiger partial charge in [-0.2, -0.15) is 0 Å². The molecule has 0 aliphatic rings. The Kier molecular flexibility index (Phi) is 10.9. The molecule has 0 spiro atoms. The normalized spacial score (nSPS) is 12.5. The Morgan fingerprint density at radius 2 is 2.00 bits per heavy atom. The molecule has 0 aliphatic carbocycles. The van der Waals surface area contributed by atoms with E-state index >= 15 is 0 Å². The predicted octanol–water partition coefficient (Wildman–Crippen LogP) is 6.64. The third-order valence-electron chi connectivity index (χ3n) is 5.32. The Labute approximate surface area is 204 Å². The van der Waals surface area contributed by atoms with Crippen LogP contribution in [0.2, 0.25) is 5.02 Å². The first kappa shape index (κ1) is 26.9. The molecule has 0 fully saturated rings. The van der Waals surface area contributed by atoms with Gasteiger partial charge >= 0.3 is 5.97 Å². The van der Waals surface area contributed by atoms with Crippen LogP contribution in [0.25, 0.3) is 0 Å². The summed E-state index contributed by atoms with van der Waals surface area (Å²) in [5, 5.41) is 22.5. The molecule has 2 rings (SSSR count). The van der Waals surface area contributed by atoms with Crippen molar-refractivity contribution in [2.45, 2.75) is 57.3 Å². The topological polar surface area (TPSA) is 88.4 Å². The molecular formula is C25H32ClNO5S. The Bertz CT molecular complexity index is 980. The van der Waals surface area contributed by atoms with E-state index in [9.17, 15) is 10.0 Å². The van der Waals surface area contributed by atoms with Crippen LogP contribution in [0, 0.1) is 0 Å². The lowest BCUT2D eigenvalue weighted by atomic mass is 9.99. The van der Waals surface area contributed by atoms with Gasteiger partial charge in [-0.1, -0.05) is 43.1 Å². The molecular weight excluding hydrogens is 462 g/mol. The second-order valence-electron chi connectivity index (χ2n) is 7.57. The minimum atomic E-state index is -0.870. The highest BCUT2D eigenvalue weighted by Crippen LogP contribution is 2.35. The number of nitrogens with zero attached hydrogens (tertiary/aromatic N) is 1. The summed E-state index contributed by atoms with van der Waals surface area (Å²) in [5.41, 5.74) is 3.03. The summed E-state index contributed by atoms with van der Waals surface area (Å²) < 4.78 is 11.8. The van der Waals surface area contributed by atoms with Crippen molar-refractivity contribution in [2.24, 2.45) is 5.16 Å². The van der Waals surface area contributed by atoms with E-state index in [1.807, 2.05) is 31.2 Å². The van der Waals surface area contributed by atoms with Crippen LogP contribution in [-0.4, -0.2) is 41.5 Å². The fourth-order valence-electron chi connectivity index (χ4n) is 3.48. The van der Waals surface area contributed by atoms with Gasteiger partial charge in [0.05, 0.1) is 30.4 Å². The second kappa shape index (κ2) is 13.4. The number of aliphatic carboxylic acids is 1. The number of carboxylic acids is 1. The van der Waals surface area contributed by atoms with Crippen molar-refractivity contribution in [1.82, 2.24) is 0 Å². The van der Waals surface area contributed by atoms with Crippen molar-refractivity contribution in [3.05, 3.63) is 52.0 Å². The molecule has 0 saturated carbocycles. The Hall–Kier alpha value is -2.38. The Morgan fingerprint density at radius 3 is 2.58 bits per heavy atom. The number of carbonyl (C=O) groups is 1. The van der Waals surface area contributed by atoms with Gasteiger partial charge < -0.3 is 19.8 Å². The molecule has 0 radical (unpaired) electrons. The second-order valence-corrected chi connectivity index (χ2v) is 9.12. The van der Waals surface area contributed by atoms with Crippen molar-refractivity contribution in [3.63, 3.8) is 0 Å². The zero-order chi connectivity index (χ0) is 24.4. The van der Waals surface area contributed by atoms with Crippen molar-refractivity contribution in [1.29, 1.82) is 0 Å². The fraction of sp³-hybridized carbons (Fsp3) is 0.440. The van der Waals surface area contributed by atoms with Gasteiger partial charge in [-0.25, -0.2) is 0 Å². The molecule has 33 heavy (non-hydrogen) atoms. The van der Waals surface area contributed by atoms with Crippen LogP contribution in [0.15, 0.2) is 40.4 Å². The minimum Gasteiger partial charge on any atom is -0.496 e. The Morgan fingerprint density at radius 1 is 1.24 bits per heavy atom. The number of hydrogen-bond acceptors (Lipinski definition) is 6. The van der Waals surface area contributed by atoms with E-state index < -0.39 is 11.9 Å². The van der Waals surface area contributed by atoms with Gasteiger partial charge in [-0.15, -0.1) is 11.8 Å². The first-order chi connectivity index (χ1) is 15.9. The summed E-state index contributed by atoms with van der Waals surface area (Å²) in [5.74, 6) is 0.822. The first-order valence-corrected chi connectivity index (χ1v) is 12.4. The third-order valence-corrected chi connectivity index (χ3v) is 6.90. The molecule has 0 heterocycles. The van der Waals surface area contributed by atoms with Crippen LogP contribution in [0.3, 0.4) is 0 Å². The van der Waals surface area contributed by atoms with Gasteiger partial charge in [0.1, 0.15) is 11.5 Å². The number of rotatable bonds is 13. The Balaban J connectivity index is 2.01. The van der Waals surface area contributed by atoms with Gasteiger partial charge in [-0.05, 0) is 56.0 Å². The number of carboxylic acid groups (broad SMARTS) is 1. The smallest absolute Gasteiger partial charge is 0.310 e. The summed E-state index contributed by atoms with van der Waals surface area (Å²) in [7, 11) is 1.62. The van der Waals surface area contributed by atoms with Crippen LogP contribution >= 0.6 is 23.4 Å². The molecule has 2 aromatic carbocycles. The van der Waals surface area contributed by atoms with Gasteiger partial charge in [0.25, 0.3) is 0 Å². The molecule has 2 aromatic rings. The molecule has 2 N–H and O–H groups in total. The molecule has 1 unspecified atom stereocenters. The lowest BCUT2D eigenvalue weighted by Crippen LogP contribution is -2.08. The van der Waals surface area contributed by atoms with E-state index in [-0.39, 0.29) is 0 Å². The standard InChI is InChI=1S/C25H32ClNO5S/c1-5-8-19-22(11-10-18(24(19)31-4)21(6-2)27-30)32-13-7-14-33-23-12-9-17(15-20(23)26)16(3)25(28)29/h9-12,15-16,30H,5-8,13-14H2,1-4H3,(H,28,29). The number of hydrogen-bond donors (Lipinski definition) is 2. The summed E-state index contributed by atoms with van der Waals surface area (Å²) >= 11 is 7.97. The average Bonchev–Trinajstić information content (AvgIpc) is 2.81. The molecule has 0 amide bonds. The third kappa shape index (κ3) is 7.05. The van der Waals surface area contributed by atoms with Gasteiger partial charge in [0, 0.05) is 21.8 Å². The van der Waals surface area contributed by atoms with E-state index in [1.165, 1.54) is 0 Å². The lowest BCUT2D eigenvalue weighted by Gasteiger charge is -2.18. The van der Waals surface area contributed by atoms with Crippen LogP contribution in [0.5, 0.6) is 11.5 Å². The molecule has 6 nitrogen and oxygen atoms in total. The summed E-state index contributed by atoms with van der Waals surface area (Å²) in [6, 6.07) is 9.20. The van der Waals surface area contributed by atoms with E-state index in [4.69, 9.17) is 26.2 Å². The minimum absolute atomic E-state index is 0.534. The maximum atomic E-state index is 11.2. The van der Waals surface area contributed by atoms with Crippen LogP contribution in [0.4, 0.5) is 0 Å². The number of benzene rings is 2. The van der Waals surface area contributed by atoms with Crippen molar-refractivity contribution in [2.75, 3.05) is 19.5 Å². The monoisotopic (exact) mass is 493 g/mol. The largest absolute Gasteiger partial charge is 0.496 e. The number of ether oxygens (including phenoxy) is 2. The van der Waals surface area contributed by atoms with E-state index in [2.05, 4.69) is 12.1 Å². The van der Waals surface area contributed by atoms with Crippen LogP contribution in [-0.2, 0) is 11.2 Å². The van der Waals surface area contributed by atoms with E-state index in [0.29, 0.717) is 35.1 Å². The van der Waals surface area contributed by atoms with Crippen molar-refractivity contribution in [3.8, 4) is 11.5 Å². The van der Waals surface area contributed by atoms with Gasteiger partial charge in [0.2, 0.25) is 0 Å². The highest BCUT2D eigenvalue weighted by molar-refractivity contribution is 7.99. The molecule has 180 valence electrons. The predicted molar refractivity (Wildman–Crippen MR) is 134 cm³/mol. The number of methoxy groups -OCH3 is 1. The highest BCUT2D eigenvalue weighted by Gasteiger charge is 2.18. The van der Waals surface area contributed by atoms with Gasteiger partial charge in [-0.3, -0.25) is 4.79 Å². The molecule has 0 aromatic heterocycles. The lowest BCUT2D eigenvalue weighted by molar-refractivity contribution is -0.138. The van der Waals surface area contributed by atoms with Crippen molar-refractivity contribution >= 4 is 35.0 Å². The maximum Gasteiger partial charge on any atom is 0.310 e. The molecule has 8 heteroatoms. The zero-order valence-electron chi connectivity index (χ0n) is 19.6. The SMILES string of the molecule is CCCc1c(OCCCSc2ccc(C(C)C(=O)O)cc2Cl)ccc(C(CC)=NO)c1OC. The average molecular weight is 494 g/mol. The number of thioether (sulfide) groups is 1. The number of oxime groups is 1. The van der Waals surface area contributed by atoms with Gasteiger partial charge in [0.15, 0.2) is 0 Å². The summed E-state index contributed by atoms with van der Waals surface area (Å²) in [4.78, 5) is 12.1. The summed E-state index contributed by atoms with van der Waals surface area (Å²) in [6.07, 6.45) is 3.12. The molecule has 1 atom stereocenters. The quantitative estimate of drug-likeness (QED) is 0.107. The summed E-state index contributed by atoms with van der Waals surface area (Å²) in [6.45, 7) is 6.21. The van der Waals surface area contributed by atoms with Crippen molar-refractivity contribution < 1.29 is 24.6 Å². The van der Waals surface area contributed by atoms with Crippen LogP contribution in [0.1, 0.15) is 62.6 Å². The van der Waals surface area contributed by atoms with Crippen LogP contribution < -0.4 is 9.47 Å². The number of halogens is 1. The first-order valence-electron chi connectivity index (χ1n) is 11.1. The maximum absolute atomic E-state index is 11.2. The fourth-order valence-corrected chi connectivity index (χ4v) is 4.67. The van der Waals surface area contributed by atoms with E-state index in [0.717, 1.165) is 46.8 Å². The molecule has 0 bridgehead atoms.